The average Bonchev–Trinajstić information content (AvgIpc) is 2.10. The van der Waals surface area contributed by atoms with Gasteiger partial charge in [-0.15, -0.1) is 0 Å². The molecule has 0 aliphatic heterocycles. The molecule has 0 N–H and O–H groups in total. The summed E-state index contributed by atoms with van der Waals surface area (Å²) in [6, 6.07) is -1.33. The third kappa shape index (κ3) is 4.92. The van der Waals surface area contributed by atoms with Gasteiger partial charge in [0.05, 0.1) is 66.0 Å². The van der Waals surface area contributed by atoms with Gasteiger partial charge in [0.1, 0.15) is 11.2 Å². The second-order valence-corrected chi connectivity index (χ2v) is 13.0. The van der Waals surface area contributed by atoms with E-state index in [1.807, 2.05) is 30.3 Å². The predicted octanol–water partition coefficient (Wildman–Crippen LogP) is 14.8. The van der Waals surface area contributed by atoms with E-state index < -0.39 is 217 Å². The van der Waals surface area contributed by atoms with Crippen molar-refractivity contribution in [1.82, 2.24) is 9.13 Å². The topological polar surface area (TPSA) is 23.0 Å². The third-order valence-electron chi connectivity index (χ3n) is 9.88. The maximum Gasteiger partial charge on any atom is 0.137 e. The molecule has 0 spiro atoms. The van der Waals surface area contributed by atoms with E-state index in [4.69, 9.17) is 20.9 Å². The number of hydrogen-bond donors (Lipinski definition) is 0. The molecular weight excluding hydrogens is 693 g/mol. The van der Waals surface area contributed by atoms with E-state index in [0.29, 0.717) is 5.56 Å². The third-order valence-corrected chi connectivity index (χ3v) is 9.88. The number of para-hydroxylation sites is 2. The summed E-state index contributed by atoms with van der Waals surface area (Å²) < 4.78 is 228. The van der Waals surface area contributed by atoms with Gasteiger partial charge in [-0.05, 0) is 106 Å². The van der Waals surface area contributed by atoms with Gasteiger partial charge in [0.25, 0.3) is 0 Å². The smallest absolute Gasteiger partial charge is 0.137 e. The monoisotopic (exact) mass is 750 g/mol. The van der Waals surface area contributed by atoms with Crippen molar-refractivity contribution < 1.29 is 37.3 Å². The second kappa shape index (κ2) is 12.5. The maximum atomic E-state index is 10.1. The molecule has 0 saturated heterocycles. The number of furan rings is 1. The van der Waals surface area contributed by atoms with Crippen LogP contribution in [0.3, 0.4) is 0 Å². The zero-order chi connectivity index (χ0) is 58.3. The fraction of sp³-hybridized carbons (Fsp3) is 0. The standard InChI is InChI=1S/C54H34N2O/c1-3-13-35(14-4-1)37-17-11-18-41(31-37)55-47-21-9-7-19-42(47)44-32-39(25-28-49(44)55)40-26-29-50-45(33-40)43-20-8-10-22-48(43)56(50)51-23-12-24-53-54(51)46-34-38(27-30-52(46)57-53)36-15-5-2-6-16-36/h1-34H/i2D,5D,6D,7D,8D,9D,10D,12D,15D,16D,19D,20D,21D,22D,23D,24D,25D,26D,28D,29D,30D,32D,33D,34D. The molecule has 0 radical (unpaired) electrons. The summed E-state index contributed by atoms with van der Waals surface area (Å²) in [6.07, 6.45) is 0. The molecule has 3 aromatic heterocycles. The molecule has 0 atom stereocenters. The number of fused-ring (bicyclic) bond motifs is 9. The van der Waals surface area contributed by atoms with Gasteiger partial charge in [0, 0.05) is 32.6 Å². The lowest BCUT2D eigenvalue weighted by Gasteiger charge is -2.11. The molecule has 0 fully saturated rings. The first-order chi connectivity index (χ1) is 38.3. The molecule has 0 aliphatic carbocycles. The number of benzene rings is 9. The highest BCUT2D eigenvalue weighted by molar-refractivity contribution is 6.16. The van der Waals surface area contributed by atoms with Gasteiger partial charge in [-0.3, -0.25) is 0 Å². The highest BCUT2D eigenvalue weighted by Gasteiger charge is 2.20. The minimum atomic E-state index is -0.935. The molecule has 3 heteroatoms. The summed E-state index contributed by atoms with van der Waals surface area (Å²) in [5.41, 5.74) is -3.66. The van der Waals surface area contributed by atoms with E-state index >= 15 is 0 Å². The SMILES string of the molecule is [2H]c1c([2H])c([2H])c(-c2cc([2H])c3oc4c([2H])c([2H])c([2H])c(-n5c6c([2H])c([2H])c([2H])c([2H])c6c6c([2H])c(-c7c([2H])c([2H])c8c(c7[2H])c7c([2H])c([2H])c([2H])c([2H])c7n8-c7cccc(-c8ccccc8)c7)c([2H])c([2H])c65)c4c3c2[2H])c([2H])c1[2H]. The number of aromatic nitrogens is 2. The van der Waals surface area contributed by atoms with E-state index in [0.717, 1.165) is 16.2 Å². The molecule has 266 valence electrons. The Labute approximate surface area is 362 Å². The van der Waals surface area contributed by atoms with Gasteiger partial charge < -0.3 is 13.6 Å². The Morgan fingerprint density at radius 3 is 1.75 bits per heavy atom. The molecule has 57 heavy (non-hydrogen) atoms. The minimum Gasteiger partial charge on any atom is -0.456 e. The van der Waals surface area contributed by atoms with Crippen LogP contribution in [0, 0.1) is 0 Å². The molecule has 0 amide bonds. The average molecular weight is 751 g/mol. The Bertz CT molecular complexity index is 4900. The van der Waals surface area contributed by atoms with Crippen molar-refractivity contribution in [1.29, 1.82) is 0 Å². The molecule has 0 unspecified atom stereocenters. The van der Waals surface area contributed by atoms with Crippen LogP contribution < -0.4 is 0 Å². The normalized spacial score (nSPS) is 17.8. The van der Waals surface area contributed by atoms with E-state index in [-0.39, 0.29) is 27.5 Å². The summed E-state index contributed by atoms with van der Waals surface area (Å²) in [5.74, 6) is 0. The van der Waals surface area contributed by atoms with Crippen molar-refractivity contribution in [3.63, 3.8) is 0 Å². The Balaban J connectivity index is 1.24. The highest BCUT2D eigenvalue weighted by atomic mass is 16.3. The second-order valence-electron chi connectivity index (χ2n) is 13.0. The maximum absolute atomic E-state index is 10.1. The molecule has 3 nitrogen and oxygen atoms in total. The molecule has 0 bridgehead atoms. The molecule has 9 aromatic carbocycles. The zero-order valence-electron chi connectivity index (χ0n) is 53.1. The molecule has 12 rings (SSSR count). The highest BCUT2D eigenvalue weighted by Crippen LogP contribution is 2.42. The zero-order valence-corrected chi connectivity index (χ0v) is 29.1. The van der Waals surface area contributed by atoms with E-state index in [9.17, 15) is 16.4 Å². The van der Waals surface area contributed by atoms with Gasteiger partial charge in [-0.25, -0.2) is 0 Å². The number of hydrogen-bond acceptors (Lipinski definition) is 1. The predicted molar refractivity (Wildman–Crippen MR) is 239 cm³/mol. The van der Waals surface area contributed by atoms with Gasteiger partial charge in [-0.1, -0.05) is 133 Å². The largest absolute Gasteiger partial charge is 0.456 e. The van der Waals surface area contributed by atoms with Crippen molar-refractivity contribution in [3.05, 3.63) is 206 Å². The summed E-state index contributed by atoms with van der Waals surface area (Å²) in [6.45, 7) is 0. The van der Waals surface area contributed by atoms with Crippen LogP contribution >= 0.6 is 0 Å². The van der Waals surface area contributed by atoms with Crippen LogP contribution in [0.1, 0.15) is 32.9 Å². The summed E-state index contributed by atoms with van der Waals surface area (Å²) in [5, 5.41) is -2.46. The Kier molecular flexibility index (Phi) is 3.55. The van der Waals surface area contributed by atoms with Crippen molar-refractivity contribution in [3.8, 4) is 44.8 Å². The number of rotatable bonds is 5. The van der Waals surface area contributed by atoms with E-state index in [1.165, 1.54) is 4.57 Å². The molecular formula is C54H34N2O. The van der Waals surface area contributed by atoms with E-state index in [1.54, 1.807) is 24.3 Å². The molecule has 12 aromatic rings. The molecule has 0 saturated carbocycles. The summed E-state index contributed by atoms with van der Waals surface area (Å²) in [7, 11) is 0. The Hall–Kier alpha value is -7.62. The lowest BCUT2D eigenvalue weighted by Crippen LogP contribution is -1.95. The van der Waals surface area contributed by atoms with Crippen molar-refractivity contribution in [2.24, 2.45) is 0 Å². The minimum absolute atomic E-state index is 0.168. The van der Waals surface area contributed by atoms with Crippen LogP contribution in [0.25, 0.3) is 110 Å². The number of nitrogens with zero attached hydrogens (tertiary/aromatic N) is 2. The Morgan fingerprint density at radius 1 is 0.368 bits per heavy atom. The quantitative estimate of drug-likeness (QED) is 0.172. The van der Waals surface area contributed by atoms with Crippen LogP contribution in [0.5, 0.6) is 0 Å². The van der Waals surface area contributed by atoms with Crippen molar-refractivity contribution in [2.45, 2.75) is 0 Å². The van der Waals surface area contributed by atoms with Crippen LogP contribution in [0.4, 0.5) is 0 Å². The van der Waals surface area contributed by atoms with Crippen LogP contribution in [0.15, 0.2) is 210 Å². The first-order valence-electron chi connectivity index (χ1n) is 29.6. The van der Waals surface area contributed by atoms with Crippen LogP contribution in [-0.2, 0) is 0 Å². The van der Waals surface area contributed by atoms with Gasteiger partial charge in [0.2, 0.25) is 0 Å². The molecule has 0 aliphatic rings. The van der Waals surface area contributed by atoms with Crippen molar-refractivity contribution in [2.75, 3.05) is 0 Å². The van der Waals surface area contributed by atoms with E-state index in [2.05, 4.69) is 0 Å². The first kappa shape index (κ1) is 16.2. The van der Waals surface area contributed by atoms with Gasteiger partial charge >= 0.3 is 0 Å². The van der Waals surface area contributed by atoms with Gasteiger partial charge in [-0.2, -0.15) is 0 Å². The summed E-state index contributed by atoms with van der Waals surface area (Å²) in [4.78, 5) is 0. The first-order valence-corrected chi connectivity index (χ1v) is 17.6. The summed E-state index contributed by atoms with van der Waals surface area (Å²) >= 11 is 0. The molecule has 3 heterocycles. The van der Waals surface area contributed by atoms with Gasteiger partial charge in [0.15, 0.2) is 0 Å². The van der Waals surface area contributed by atoms with Crippen LogP contribution in [0.2, 0.25) is 0 Å². The fourth-order valence-electron chi connectivity index (χ4n) is 7.39. The lowest BCUT2D eigenvalue weighted by molar-refractivity contribution is 0.669. The lowest BCUT2D eigenvalue weighted by atomic mass is 10.0. The Morgan fingerprint density at radius 2 is 1.00 bits per heavy atom. The van der Waals surface area contributed by atoms with Crippen molar-refractivity contribution >= 4 is 65.6 Å². The fourth-order valence-corrected chi connectivity index (χ4v) is 7.39. The van der Waals surface area contributed by atoms with Crippen LogP contribution in [-0.4, -0.2) is 9.13 Å².